The Labute approximate surface area is 73.5 Å². The van der Waals surface area contributed by atoms with Crippen molar-refractivity contribution in [2.75, 3.05) is 20.1 Å². The lowest BCUT2D eigenvalue weighted by Gasteiger charge is -2.24. The van der Waals surface area contributed by atoms with Crippen LogP contribution in [0.25, 0.3) is 0 Å². The van der Waals surface area contributed by atoms with Crippen LogP contribution < -0.4 is 0 Å². The average Bonchev–Trinajstić information content (AvgIpc) is 1.79. The molecule has 0 amide bonds. The standard InChI is InChI=1S/C8H16ClNO/c1-8(2,11)7-10(3)6-4-5-9/h4-5,11H,6-7H2,1-3H3. The zero-order valence-electron chi connectivity index (χ0n) is 7.34. The smallest absolute Gasteiger partial charge is 0.0718 e. The highest BCUT2D eigenvalue weighted by Crippen LogP contribution is 2.02. The molecule has 2 nitrogen and oxygen atoms in total. The monoisotopic (exact) mass is 177 g/mol. The summed E-state index contributed by atoms with van der Waals surface area (Å²) in [6.45, 7) is 4.99. The Hall–Kier alpha value is -0.0500. The quantitative estimate of drug-likeness (QED) is 0.703. The number of hydrogen-bond donors (Lipinski definition) is 1. The highest BCUT2D eigenvalue weighted by Gasteiger charge is 2.14. The lowest BCUT2D eigenvalue weighted by molar-refractivity contribution is 0.0479. The van der Waals surface area contributed by atoms with Crippen molar-refractivity contribution in [3.8, 4) is 0 Å². The first-order valence-electron chi connectivity index (χ1n) is 3.62. The third-order valence-corrected chi connectivity index (χ3v) is 1.34. The number of likely N-dealkylation sites (N-methyl/N-ethyl adjacent to an activating group) is 1. The molecule has 0 aromatic carbocycles. The summed E-state index contributed by atoms with van der Waals surface area (Å²) in [5.74, 6) is 0. The van der Waals surface area contributed by atoms with Crippen LogP contribution in [-0.4, -0.2) is 35.7 Å². The molecule has 0 atom stereocenters. The summed E-state index contributed by atoms with van der Waals surface area (Å²) in [6, 6.07) is 0. The molecule has 0 aliphatic heterocycles. The highest BCUT2D eigenvalue weighted by molar-refractivity contribution is 6.25. The first-order valence-corrected chi connectivity index (χ1v) is 4.05. The minimum absolute atomic E-state index is 0.630. The molecular weight excluding hydrogens is 162 g/mol. The third kappa shape index (κ3) is 7.85. The Kier molecular flexibility index (Phi) is 4.73. The van der Waals surface area contributed by atoms with Crippen LogP contribution in [0.4, 0.5) is 0 Å². The van der Waals surface area contributed by atoms with Gasteiger partial charge in [0, 0.05) is 18.6 Å². The Balaban J connectivity index is 3.60. The number of aliphatic hydroxyl groups is 1. The summed E-state index contributed by atoms with van der Waals surface area (Å²) in [5, 5.41) is 9.39. The Morgan fingerprint density at radius 3 is 2.45 bits per heavy atom. The van der Waals surface area contributed by atoms with E-state index in [1.807, 2.05) is 18.0 Å². The molecule has 0 saturated heterocycles. The van der Waals surface area contributed by atoms with Crippen molar-refractivity contribution in [3.05, 3.63) is 11.6 Å². The predicted molar refractivity (Wildman–Crippen MR) is 48.8 cm³/mol. The van der Waals surface area contributed by atoms with E-state index >= 15 is 0 Å². The van der Waals surface area contributed by atoms with Crippen LogP contribution in [0.2, 0.25) is 0 Å². The molecule has 0 bridgehead atoms. The Bertz CT molecular complexity index is 129. The molecule has 0 spiro atoms. The fourth-order valence-electron chi connectivity index (χ4n) is 0.945. The topological polar surface area (TPSA) is 23.5 Å². The summed E-state index contributed by atoms with van der Waals surface area (Å²) in [5.41, 5.74) is 0.857. The summed E-state index contributed by atoms with van der Waals surface area (Å²) < 4.78 is 0. The minimum Gasteiger partial charge on any atom is -0.389 e. The van der Waals surface area contributed by atoms with Gasteiger partial charge in [0.05, 0.1) is 5.60 Å². The fraction of sp³-hybridized carbons (Fsp3) is 0.750. The van der Waals surface area contributed by atoms with E-state index < -0.39 is 5.60 Å². The maximum Gasteiger partial charge on any atom is 0.0718 e. The van der Waals surface area contributed by atoms with E-state index in [1.54, 1.807) is 13.8 Å². The van der Waals surface area contributed by atoms with E-state index in [4.69, 9.17) is 11.6 Å². The van der Waals surface area contributed by atoms with Gasteiger partial charge in [-0.3, -0.25) is 4.90 Å². The summed E-state index contributed by atoms with van der Waals surface area (Å²) in [6.07, 6.45) is 1.84. The molecular formula is C8H16ClNO. The van der Waals surface area contributed by atoms with Gasteiger partial charge in [-0.1, -0.05) is 17.7 Å². The van der Waals surface area contributed by atoms with Gasteiger partial charge in [0.25, 0.3) is 0 Å². The lowest BCUT2D eigenvalue weighted by Crippen LogP contribution is -2.36. The summed E-state index contributed by atoms with van der Waals surface area (Å²) in [7, 11) is 1.94. The maximum atomic E-state index is 9.39. The van der Waals surface area contributed by atoms with E-state index in [0.717, 1.165) is 6.54 Å². The number of rotatable bonds is 4. The van der Waals surface area contributed by atoms with Gasteiger partial charge in [0.15, 0.2) is 0 Å². The molecule has 0 heterocycles. The minimum atomic E-state index is -0.630. The van der Waals surface area contributed by atoms with Crippen molar-refractivity contribution < 1.29 is 5.11 Å². The second-order valence-electron chi connectivity index (χ2n) is 3.37. The molecule has 0 radical (unpaired) electrons. The van der Waals surface area contributed by atoms with Gasteiger partial charge in [0.2, 0.25) is 0 Å². The maximum absolute atomic E-state index is 9.39. The molecule has 0 aromatic heterocycles. The molecule has 1 N–H and O–H groups in total. The summed E-state index contributed by atoms with van der Waals surface area (Å²) >= 11 is 5.35. The fourth-order valence-corrected chi connectivity index (χ4v) is 1.02. The van der Waals surface area contributed by atoms with Crippen LogP contribution in [0.1, 0.15) is 13.8 Å². The third-order valence-electron chi connectivity index (χ3n) is 1.16. The van der Waals surface area contributed by atoms with Gasteiger partial charge < -0.3 is 5.11 Å². The van der Waals surface area contributed by atoms with Crippen LogP contribution in [0.15, 0.2) is 11.6 Å². The van der Waals surface area contributed by atoms with Gasteiger partial charge in [-0.15, -0.1) is 0 Å². The number of hydrogen-bond acceptors (Lipinski definition) is 2. The van der Waals surface area contributed by atoms with Gasteiger partial charge in [-0.05, 0) is 20.9 Å². The van der Waals surface area contributed by atoms with Crippen molar-refractivity contribution in [1.82, 2.24) is 4.90 Å². The first-order chi connectivity index (χ1) is 4.95. The SMILES string of the molecule is CN(CC=CCl)CC(C)(C)O. The van der Waals surface area contributed by atoms with E-state index in [1.165, 1.54) is 5.54 Å². The lowest BCUT2D eigenvalue weighted by atomic mass is 10.1. The first kappa shape index (κ1) is 11.0. The molecule has 0 aliphatic rings. The molecule has 0 aliphatic carbocycles. The van der Waals surface area contributed by atoms with Crippen LogP contribution in [-0.2, 0) is 0 Å². The number of halogens is 1. The van der Waals surface area contributed by atoms with E-state index in [-0.39, 0.29) is 0 Å². The van der Waals surface area contributed by atoms with Gasteiger partial charge in [-0.25, -0.2) is 0 Å². The van der Waals surface area contributed by atoms with Crippen molar-refractivity contribution >= 4 is 11.6 Å². The zero-order chi connectivity index (χ0) is 8.91. The van der Waals surface area contributed by atoms with Crippen molar-refractivity contribution in [3.63, 3.8) is 0 Å². The molecule has 0 saturated carbocycles. The second-order valence-corrected chi connectivity index (χ2v) is 3.62. The molecule has 0 unspecified atom stereocenters. The van der Waals surface area contributed by atoms with Crippen LogP contribution in [0.3, 0.4) is 0 Å². The molecule has 11 heavy (non-hydrogen) atoms. The van der Waals surface area contributed by atoms with E-state index in [2.05, 4.69) is 0 Å². The predicted octanol–water partition coefficient (Wildman–Crippen LogP) is 1.44. The normalized spacial score (nSPS) is 13.3. The Morgan fingerprint density at radius 1 is 1.55 bits per heavy atom. The average molecular weight is 178 g/mol. The molecule has 66 valence electrons. The second kappa shape index (κ2) is 4.75. The Morgan fingerprint density at radius 2 is 2.09 bits per heavy atom. The van der Waals surface area contributed by atoms with E-state index in [9.17, 15) is 5.11 Å². The van der Waals surface area contributed by atoms with E-state index in [0.29, 0.717) is 6.54 Å². The highest BCUT2D eigenvalue weighted by atomic mass is 35.5. The largest absolute Gasteiger partial charge is 0.389 e. The van der Waals surface area contributed by atoms with Crippen molar-refractivity contribution in [2.45, 2.75) is 19.4 Å². The molecule has 0 rings (SSSR count). The molecule has 3 heteroatoms. The van der Waals surface area contributed by atoms with Crippen LogP contribution >= 0.6 is 11.6 Å². The van der Waals surface area contributed by atoms with Crippen molar-refractivity contribution in [1.29, 1.82) is 0 Å². The summed E-state index contributed by atoms with van der Waals surface area (Å²) in [4.78, 5) is 2.00. The molecule has 0 aromatic rings. The van der Waals surface area contributed by atoms with Crippen LogP contribution in [0, 0.1) is 0 Å². The zero-order valence-corrected chi connectivity index (χ0v) is 8.10. The van der Waals surface area contributed by atoms with Crippen LogP contribution in [0.5, 0.6) is 0 Å². The van der Waals surface area contributed by atoms with Gasteiger partial charge in [-0.2, -0.15) is 0 Å². The van der Waals surface area contributed by atoms with Crippen molar-refractivity contribution in [2.24, 2.45) is 0 Å². The van der Waals surface area contributed by atoms with Gasteiger partial charge in [0.1, 0.15) is 0 Å². The number of nitrogens with zero attached hydrogens (tertiary/aromatic N) is 1. The molecule has 0 fully saturated rings. The van der Waals surface area contributed by atoms with Gasteiger partial charge >= 0.3 is 0 Å².